The molecule has 6 heteroatoms. The molecule has 0 saturated carbocycles. The molecule has 0 aliphatic carbocycles. The van der Waals surface area contributed by atoms with Crippen LogP contribution >= 0.6 is 0 Å². The number of carbonyl (C=O) groups excluding carboxylic acids is 2. The van der Waals surface area contributed by atoms with E-state index >= 15 is 0 Å². The first kappa shape index (κ1) is 18.3. The fourth-order valence-electron chi connectivity index (χ4n) is 2.45. The SMILES string of the molecule is Cc1ccccc1OC(C)C(=O)Nc1cccc(NC(=O)c2ccco2)c1. The van der Waals surface area contributed by atoms with Gasteiger partial charge in [-0.05, 0) is 55.8 Å². The summed E-state index contributed by atoms with van der Waals surface area (Å²) < 4.78 is 10.8. The maximum atomic E-state index is 12.4. The first-order valence-electron chi connectivity index (χ1n) is 8.51. The van der Waals surface area contributed by atoms with Crippen LogP contribution in [0.25, 0.3) is 0 Å². The molecule has 6 nitrogen and oxygen atoms in total. The van der Waals surface area contributed by atoms with Gasteiger partial charge in [0.2, 0.25) is 0 Å². The van der Waals surface area contributed by atoms with Crippen LogP contribution in [0.2, 0.25) is 0 Å². The lowest BCUT2D eigenvalue weighted by molar-refractivity contribution is -0.122. The quantitative estimate of drug-likeness (QED) is 0.685. The molecule has 1 aromatic heterocycles. The lowest BCUT2D eigenvalue weighted by Crippen LogP contribution is -2.30. The number of benzene rings is 2. The molecule has 0 fully saturated rings. The number of carbonyl (C=O) groups is 2. The average molecular weight is 364 g/mol. The lowest BCUT2D eigenvalue weighted by Gasteiger charge is -2.16. The van der Waals surface area contributed by atoms with Crippen LogP contribution in [-0.2, 0) is 4.79 Å². The van der Waals surface area contributed by atoms with Gasteiger partial charge in [0.05, 0.1) is 6.26 Å². The van der Waals surface area contributed by atoms with Crippen LogP contribution in [0.5, 0.6) is 5.75 Å². The molecule has 0 aliphatic heterocycles. The molecule has 1 unspecified atom stereocenters. The summed E-state index contributed by atoms with van der Waals surface area (Å²) in [6, 6.07) is 17.6. The van der Waals surface area contributed by atoms with Gasteiger partial charge in [-0.2, -0.15) is 0 Å². The Bertz CT molecular complexity index is 935. The topological polar surface area (TPSA) is 80.6 Å². The molecule has 1 heterocycles. The highest BCUT2D eigenvalue weighted by Crippen LogP contribution is 2.20. The molecule has 2 amide bonds. The van der Waals surface area contributed by atoms with Crippen molar-refractivity contribution in [1.29, 1.82) is 0 Å². The number of nitrogens with one attached hydrogen (secondary N) is 2. The second kappa shape index (κ2) is 8.23. The highest BCUT2D eigenvalue weighted by Gasteiger charge is 2.16. The number of ether oxygens (including phenoxy) is 1. The van der Waals surface area contributed by atoms with E-state index in [1.54, 1.807) is 43.3 Å². The summed E-state index contributed by atoms with van der Waals surface area (Å²) in [6.45, 7) is 3.61. The van der Waals surface area contributed by atoms with Gasteiger partial charge < -0.3 is 19.8 Å². The van der Waals surface area contributed by atoms with Gasteiger partial charge in [-0.3, -0.25) is 9.59 Å². The molecular weight excluding hydrogens is 344 g/mol. The Morgan fingerprint density at radius 3 is 2.41 bits per heavy atom. The third kappa shape index (κ3) is 4.76. The van der Waals surface area contributed by atoms with Gasteiger partial charge in [-0.25, -0.2) is 0 Å². The van der Waals surface area contributed by atoms with Gasteiger partial charge in [0.1, 0.15) is 5.75 Å². The summed E-state index contributed by atoms with van der Waals surface area (Å²) in [6.07, 6.45) is 0.758. The van der Waals surface area contributed by atoms with E-state index in [0.717, 1.165) is 5.56 Å². The fraction of sp³-hybridized carbons (Fsp3) is 0.143. The second-order valence-corrected chi connectivity index (χ2v) is 6.03. The van der Waals surface area contributed by atoms with E-state index in [9.17, 15) is 9.59 Å². The van der Waals surface area contributed by atoms with Crippen LogP contribution in [0.1, 0.15) is 23.0 Å². The van der Waals surface area contributed by atoms with Crippen molar-refractivity contribution < 1.29 is 18.7 Å². The van der Waals surface area contributed by atoms with E-state index in [4.69, 9.17) is 9.15 Å². The van der Waals surface area contributed by atoms with E-state index in [1.165, 1.54) is 6.26 Å². The Kier molecular flexibility index (Phi) is 5.56. The van der Waals surface area contributed by atoms with Gasteiger partial charge in [0, 0.05) is 11.4 Å². The molecule has 0 aliphatic rings. The van der Waals surface area contributed by atoms with Crippen molar-refractivity contribution in [3.05, 3.63) is 78.3 Å². The number of hydrogen-bond donors (Lipinski definition) is 2. The summed E-state index contributed by atoms with van der Waals surface area (Å²) in [5.74, 6) is 0.233. The summed E-state index contributed by atoms with van der Waals surface area (Å²) in [4.78, 5) is 24.4. The molecular formula is C21H20N2O4. The van der Waals surface area contributed by atoms with Gasteiger partial charge in [-0.1, -0.05) is 24.3 Å². The van der Waals surface area contributed by atoms with Crippen molar-refractivity contribution in [1.82, 2.24) is 0 Å². The molecule has 2 N–H and O–H groups in total. The smallest absolute Gasteiger partial charge is 0.291 e. The number of anilines is 2. The zero-order valence-electron chi connectivity index (χ0n) is 15.1. The summed E-state index contributed by atoms with van der Waals surface area (Å²) >= 11 is 0. The van der Waals surface area contributed by atoms with Gasteiger partial charge in [-0.15, -0.1) is 0 Å². The van der Waals surface area contributed by atoms with Crippen LogP contribution in [0.15, 0.2) is 71.3 Å². The van der Waals surface area contributed by atoms with E-state index < -0.39 is 6.10 Å². The predicted octanol–water partition coefficient (Wildman–Crippen LogP) is 4.25. The summed E-state index contributed by atoms with van der Waals surface area (Å²) in [7, 11) is 0. The van der Waals surface area contributed by atoms with Crippen molar-refractivity contribution >= 4 is 23.2 Å². The minimum atomic E-state index is -0.674. The van der Waals surface area contributed by atoms with Gasteiger partial charge in [0.15, 0.2) is 11.9 Å². The molecule has 0 radical (unpaired) electrons. The lowest BCUT2D eigenvalue weighted by atomic mass is 10.2. The van der Waals surface area contributed by atoms with Crippen LogP contribution in [-0.4, -0.2) is 17.9 Å². The molecule has 138 valence electrons. The van der Waals surface area contributed by atoms with Crippen LogP contribution in [0, 0.1) is 6.92 Å². The Morgan fingerprint density at radius 1 is 0.963 bits per heavy atom. The highest BCUT2D eigenvalue weighted by atomic mass is 16.5. The molecule has 3 rings (SSSR count). The molecule has 2 aromatic carbocycles. The van der Waals surface area contributed by atoms with Crippen molar-refractivity contribution in [2.75, 3.05) is 10.6 Å². The number of hydrogen-bond acceptors (Lipinski definition) is 4. The Hall–Kier alpha value is -3.54. The molecule has 0 bridgehead atoms. The fourth-order valence-corrected chi connectivity index (χ4v) is 2.45. The first-order valence-corrected chi connectivity index (χ1v) is 8.51. The zero-order valence-corrected chi connectivity index (χ0v) is 15.1. The molecule has 27 heavy (non-hydrogen) atoms. The highest BCUT2D eigenvalue weighted by molar-refractivity contribution is 6.02. The van der Waals surface area contributed by atoms with Gasteiger partial charge in [0.25, 0.3) is 11.8 Å². The van der Waals surface area contributed by atoms with Gasteiger partial charge >= 0.3 is 0 Å². The van der Waals surface area contributed by atoms with Crippen LogP contribution in [0.4, 0.5) is 11.4 Å². The normalized spacial score (nSPS) is 11.5. The number of aryl methyl sites for hydroxylation is 1. The number of rotatable bonds is 6. The minimum Gasteiger partial charge on any atom is -0.481 e. The van der Waals surface area contributed by atoms with Crippen molar-refractivity contribution in [3.63, 3.8) is 0 Å². The number of para-hydroxylation sites is 1. The third-order valence-electron chi connectivity index (χ3n) is 3.90. The largest absolute Gasteiger partial charge is 0.481 e. The monoisotopic (exact) mass is 364 g/mol. The van der Waals surface area contributed by atoms with Crippen molar-refractivity contribution in [2.45, 2.75) is 20.0 Å². The second-order valence-electron chi connectivity index (χ2n) is 6.03. The zero-order chi connectivity index (χ0) is 19.2. The summed E-state index contributed by atoms with van der Waals surface area (Å²) in [5.41, 5.74) is 2.05. The first-order chi connectivity index (χ1) is 13.0. The molecule has 0 spiro atoms. The van der Waals surface area contributed by atoms with E-state index in [2.05, 4.69) is 10.6 Å². The molecule has 0 saturated heterocycles. The van der Waals surface area contributed by atoms with E-state index in [1.807, 2.05) is 31.2 Å². The number of amides is 2. The molecule has 1 atom stereocenters. The maximum Gasteiger partial charge on any atom is 0.291 e. The van der Waals surface area contributed by atoms with Crippen molar-refractivity contribution in [3.8, 4) is 5.75 Å². The van der Waals surface area contributed by atoms with Crippen molar-refractivity contribution in [2.24, 2.45) is 0 Å². The van der Waals surface area contributed by atoms with Crippen LogP contribution in [0.3, 0.4) is 0 Å². The van der Waals surface area contributed by atoms with Crippen LogP contribution < -0.4 is 15.4 Å². The molecule has 3 aromatic rings. The predicted molar refractivity (Wildman–Crippen MR) is 103 cm³/mol. The van der Waals surface area contributed by atoms with E-state index in [0.29, 0.717) is 17.1 Å². The maximum absolute atomic E-state index is 12.4. The Balaban J connectivity index is 1.62. The third-order valence-corrected chi connectivity index (χ3v) is 3.90. The number of furan rings is 1. The standard InChI is InChI=1S/C21H20N2O4/c1-14-7-3-4-10-18(14)27-15(2)20(24)22-16-8-5-9-17(13-16)23-21(25)19-11-6-12-26-19/h3-13,15H,1-2H3,(H,22,24)(H,23,25). The minimum absolute atomic E-state index is 0.213. The Labute approximate surface area is 157 Å². The summed E-state index contributed by atoms with van der Waals surface area (Å²) in [5, 5.41) is 5.51. The average Bonchev–Trinajstić information content (AvgIpc) is 3.19. The Morgan fingerprint density at radius 2 is 1.70 bits per heavy atom. The van der Waals surface area contributed by atoms with E-state index in [-0.39, 0.29) is 17.6 Å².